The second-order valence-corrected chi connectivity index (χ2v) is 8.65. The molecule has 2 aromatic heterocycles. The average Bonchev–Trinajstić information content (AvgIpc) is 3.21. The van der Waals surface area contributed by atoms with E-state index in [0.29, 0.717) is 22.5 Å². The third-order valence-electron chi connectivity index (χ3n) is 5.91. The Balaban J connectivity index is 1.41. The predicted octanol–water partition coefficient (Wildman–Crippen LogP) is 5.09. The zero-order chi connectivity index (χ0) is 24.4. The molecule has 2 N–H and O–H groups in total. The standard InChI is InChI=1S/C26H25ClN6O2/c1-3-24(34)29-19-6-9-23-21(14-19)17(2)16-33(23)25-22(27)15-28-26(31-25)30-18-4-7-20(8-5-18)32-10-12-35-13-11-32/h3-9,14-16H,1,10-13H2,2H3,(H,29,34)(H,28,30,31). The summed E-state index contributed by atoms with van der Waals surface area (Å²) in [6, 6.07) is 13.9. The number of carbonyl (C=O) groups is 1. The molecule has 4 aromatic rings. The van der Waals surface area contributed by atoms with Crippen molar-refractivity contribution >= 4 is 51.4 Å². The summed E-state index contributed by atoms with van der Waals surface area (Å²) >= 11 is 6.51. The van der Waals surface area contributed by atoms with Crippen molar-refractivity contribution < 1.29 is 9.53 Å². The molecule has 0 saturated carbocycles. The number of hydrogen-bond donors (Lipinski definition) is 2. The van der Waals surface area contributed by atoms with Crippen molar-refractivity contribution in [2.45, 2.75) is 6.92 Å². The molecule has 9 heteroatoms. The van der Waals surface area contributed by atoms with Crippen LogP contribution in [-0.4, -0.2) is 46.7 Å². The van der Waals surface area contributed by atoms with Crippen LogP contribution in [0.4, 0.5) is 23.0 Å². The van der Waals surface area contributed by atoms with Crippen LogP contribution in [0.2, 0.25) is 5.02 Å². The number of aryl methyl sites for hydroxylation is 1. The highest BCUT2D eigenvalue weighted by Crippen LogP contribution is 2.30. The number of amides is 1. The topological polar surface area (TPSA) is 84.3 Å². The summed E-state index contributed by atoms with van der Waals surface area (Å²) in [6.07, 6.45) is 4.81. The van der Waals surface area contributed by atoms with Gasteiger partial charge in [-0.1, -0.05) is 18.2 Å². The normalized spacial score (nSPS) is 13.6. The van der Waals surface area contributed by atoms with Gasteiger partial charge in [0.05, 0.1) is 24.9 Å². The number of nitrogens with zero attached hydrogens (tertiary/aromatic N) is 4. The summed E-state index contributed by atoms with van der Waals surface area (Å²) in [4.78, 5) is 23.0. The first kappa shape index (κ1) is 22.9. The highest BCUT2D eigenvalue weighted by atomic mass is 35.5. The van der Waals surface area contributed by atoms with Gasteiger partial charge >= 0.3 is 0 Å². The van der Waals surface area contributed by atoms with E-state index in [1.54, 1.807) is 6.20 Å². The molecule has 35 heavy (non-hydrogen) atoms. The number of aromatic nitrogens is 3. The van der Waals surface area contributed by atoms with Gasteiger partial charge in [0, 0.05) is 41.7 Å². The number of rotatable bonds is 6. The first-order valence-electron chi connectivity index (χ1n) is 11.3. The Bertz CT molecular complexity index is 1390. The van der Waals surface area contributed by atoms with Crippen LogP contribution in [0.1, 0.15) is 5.56 Å². The number of hydrogen-bond acceptors (Lipinski definition) is 6. The Labute approximate surface area is 208 Å². The Kier molecular flexibility index (Phi) is 6.39. The van der Waals surface area contributed by atoms with Gasteiger partial charge in [0.1, 0.15) is 5.02 Å². The Morgan fingerprint density at radius 2 is 1.89 bits per heavy atom. The SMILES string of the molecule is C=CC(=O)Nc1ccc2c(c1)c(C)cn2-c1nc(Nc2ccc(N3CCOCC3)cc2)ncc1Cl. The third-order valence-corrected chi connectivity index (χ3v) is 6.18. The van der Waals surface area contributed by atoms with Gasteiger partial charge in [-0.25, -0.2) is 4.98 Å². The summed E-state index contributed by atoms with van der Waals surface area (Å²) in [6.45, 7) is 8.78. The largest absolute Gasteiger partial charge is 0.378 e. The van der Waals surface area contributed by atoms with Gasteiger partial charge in [-0.2, -0.15) is 4.98 Å². The van der Waals surface area contributed by atoms with Crippen molar-refractivity contribution in [3.8, 4) is 5.82 Å². The first-order valence-corrected chi connectivity index (χ1v) is 11.7. The smallest absolute Gasteiger partial charge is 0.247 e. The fourth-order valence-corrected chi connectivity index (χ4v) is 4.32. The van der Waals surface area contributed by atoms with Crippen LogP contribution in [0.15, 0.2) is 67.5 Å². The number of ether oxygens (including phenoxy) is 1. The maximum atomic E-state index is 11.7. The minimum Gasteiger partial charge on any atom is -0.378 e. The minimum atomic E-state index is -0.256. The number of morpholine rings is 1. The summed E-state index contributed by atoms with van der Waals surface area (Å²) in [5.41, 5.74) is 4.68. The average molecular weight is 489 g/mol. The zero-order valence-electron chi connectivity index (χ0n) is 19.3. The van der Waals surface area contributed by atoms with Crippen molar-refractivity contribution in [3.05, 3.63) is 78.1 Å². The van der Waals surface area contributed by atoms with Crippen molar-refractivity contribution in [3.63, 3.8) is 0 Å². The van der Waals surface area contributed by atoms with E-state index < -0.39 is 0 Å². The van der Waals surface area contributed by atoms with E-state index in [1.165, 1.54) is 6.08 Å². The molecule has 0 aliphatic carbocycles. The molecule has 1 fully saturated rings. The maximum absolute atomic E-state index is 11.7. The lowest BCUT2D eigenvalue weighted by Crippen LogP contribution is -2.36. The monoisotopic (exact) mass is 488 g/mol. The van der Waals surface area contributed by atoms with Gasteiger partial charge < -0.3 is 20.3 Å². The fourth-order valence-electron chi connectivity index (χ4n) is 4.13. The molecule has 1 amide bonds. The van der Waals surface area contributed by atoms with Crippen LogP contribution in [0.5, 0.6) is 0 Å². The number of nitrogens with one attached hydrogen (secondary N) is 2. The lowest BCUT2D eigenvalue weighted by molar-refractivity contribution is -0.111. The van der Waals surface area contributed by atoms with Crippen LogP contribution >= 0.6 is 11.6 Å². The van der Waals surface area contributed by atoms with Crippen LogP contribution in [0.3, 0.4) is 0 Å². The molecule has 1 aliphatic heterocycles. The molecule has 0 bridgehead atoms. The van der Waals surface area contributed by atoms with E-state index in [2.05, 4.69) is 39.2 Å². The van der Waals surface area contributed by atoms with E-state index in [0.717, 1.165) is 54.1 Å². The Hall–Kier alpha value is -3.88. The lowest BCUT2D eigenvalue weighted by Gasteiger charge is -2.28. The number of halogens is 1. The van der Waals surface area contributed by atoms with E-state index in [4.69, 9.17) is 21.3 Å². The Morgan fingerprint density at radius 3 is 2.63 bits per heavy atom. The molecule has 0 radical (unpaired) electrons. The molecule has 2 aromatic carbocycles. The van der Waals surface area contributed by atoms with Crippen molar-refractivity contribution in [2.75, 3.05) is 41.8 Å². The van der Waals surface area contributed by atoms with Gasteiger partial charge in [-0.05, 0) is 61.0 Å². The molecule has 1 aliphatic rings. The van der Waals surface area contributed by atoms with Gasteiger partial charge in [0.15, 0.2) is 5.82 Å². The number of carbonyl (C=O) groups excluding carboxylic acids is 1. The zero-order valence-corrected chi connectivity index (χ0v) is 20.0. The molecule has 3 heterocycles. The van der Waals surface area contributed by atoms with Crippen LogP contribution in [0.25, 0.3) is 16.7 Å². The van der Waals surface area contributed by atoms with Crippen LogP contribution in [-0.2, 0) is 9.53 Å². The summed E-state index contributed by atoms with van der Waals surface area (Å²) < 4.78 is 7.36. The minimum absolute atomic E-state index is 0.256. The molecule has 5 rings (SSSR count). The van der Waals surface area contributed by atoms with Crippen LogP contribution < -0.4 is 15.5 Å². The molecule has 178 valence electrons. The summed E-state index contributed by atoms with van der Waals surface area (Å²) in [5.74, 6) is 0.752. The molecule has 0 unspecified atom stereocenters. The molecular weight excluding hydrogens is 464 g/mol. The highest BCUT2D eigenvalue weighted by Gasteiger charge is 2.15. The maximum Gasteiger partial charge on any atom is 0.247 e. The second-order valence-electron chi connectivity index (χ2n) is 8.24. The van der Waals surface area contributed by atoms with Crippen molar-refractivity contribution in [1.29, 1.82) is 0 Å². The van der Waals surface area contributed by atoms with Gasteiger partial charge in [-0.15, -0.1) is 0 Å². The van der Waals surface area contributed by atoms with Crippen molar-refractivity contribution in [1.82, 2.24) is 14.5 Å². The number of benzene rings is 2. The van der Waals surface area contributed by atoms with Gasteiger partial charge in [-0.3, -0.25) is 9.36 Å². The fraction of sp³-hybridized carbons (Fsp3) is 0.192. The molecule has 8 nitrogen and oxygen atoms in total. The molecule has 0 spiro atoms. The summed E-state index contributed by atoms with van der Waals surface area (Å²) in [5, 5.41) is 7.48. The molecular formula is C26H25ClN6O2. The highest BCUT2D eigenvalue weighted by molar-refractivity contribution is 6.32. The quantitative estimate of drug-likeness (QED) is 0.368. The van der Waals surface area contributed by atoms with E-state index in [-0.39, 0.29) is 5.91 Å². The third kappa shape index (κ3) is 4.84. The van der Waals surface area contributed by atoms with Crippen molar-refractivity contribution in [2.24, 2.45) is 0 Å². The van der Waals surface area contributed by atoms with E-state index >= 15 is 0 Å². The first-order chi connectivity index (χ1) is 17.0. The second kappa shape index (κ2) is 9.77. The number of fused-ring (bicyclic) bond motifs is 1. The molecule has 0 atom stereocenters. The Morgan fingerprint density at radius 1 is 1.14 bits per heavy atom. The van der Waals surface area contributed by atoms with Gasteiger partial charge in [0.25, 0.3) is 0 Å². The number of anilines is 4. The van der Waals surface area contributed by atoms with Crippen LogP contribution in [0, 0.1) is 6.92 Å². The van der Waals surface area contributed by atoms with Gasteiger partial charge in [0.2, 0.25) is 11.9 Å². The summed E-state index contributed by atoms with van der Waals surface area (Å²) in [7, 11) is 0. The lowest BCUT2D eigenvalue weighted by atomic mass is 10.2. The van der Waals surface area contributed by atoms with E-state index in [9.17, 15) is 4.79 Å². The molecule has 1 saturated heterocycles. The van der Waals surface area contributed by atoms with E-state index in [1.807, 2.05) is 48.0 Å². The predicted molar refractivity (Wildman–Crippen MR) is 140 cm³/mol.